The molecule has 8 nitrogen and oxygen atoms in total. The molecule has 0 spiro atoms. The van der Waals surface area contributed by atoms with Crippen LogP contribution in [-0.2, 0) is 11.3 Å². The maximum atomic E-state index is 12.2. The van der Waals surface area contributed by atoms with E-state index in [2.05, 4.69) is 15.3 Å². The molecule has 0 aromatic carbocycles. The van der Waals surface area contributed by atoms with Gasteiger partial charge in [-0.2, -0.15) is 5.10 Å². The summed E-state index contributed by atoms with van der Waals surface area (Å²) in [4.78, 5) is 27.1. The van der Waals surface area contributed by atoms with Gasteiger partial charge in [0.15, 0.2) is 0 Å². The van der Waals surface area contributed by atoms with Gasteiger partial charge in [-0.1, -0.05) is 0 Å². The first-order valence-corrected chi connectivity index (χ1v) is 7.16. The Kier molecular flexibility index (Phi) is 3.78. The number of hydrogen-bond acceptors (Lipinski definition) is 4. The fraction of sp³-hybridized carbons (Fsp3) is 0.615. The Balaban J connectivity index is 1.56. The Morgan fingerprint density at radius 2 is 2.24 bits per heavy atom. The smallest absolute Gasteiger partial charge is 0.325 e. The monoisotopic (exact) mass is 293 g/mol. The van der Waals surface area contributed by atoms with Crippen LogP contribution in [0.2, 0.25) is 0 Å². The number of piperazine rings is 1. The van der Waals surface area contributed by atoms with Crippen molar-refractivity contribution in [2.24, 2.45) is 0 Å². The van der Waals surface area contributed by atoms with Gasteiger partial charge in [0.25, 0.3) is 0 Å². The lowest BCUT2D eigenvalue weighted by Gasteiger charge is -2.37. The third kappa shape index (κ3) is 3.15. The highest BCUT2D eigenvalue weighted by molar-refractivity contribution is 5.89. The first kappa shape index (κ1) is 13.9. The van der Waals surface area contributed by atoms with E-state index in [-0.39, 0.29) is 12.6 Å². The second-order valence-corrected chi connectivity index (χ2v) is 5.53. The zero-order valence-corrected chi connectivity index (χ0v) is 11.7. The van der Waals surface area contributed by atoms with Gasteiger partial charge in [0, 0.05) is 31.9 Å². The molecule has 0 radical (unpaired) electrons. The molecule has 2 saturated heterocycles. The number of nitrogens with zero attached hydrogens (tertiary/aromatic N) is 4. The van der Waals surface area contributed by atoms with Gasteiger partial charge in [0.05, 0.1) is 11.9 Å². The predicted octanol–water partition coefficient (Wildman–Crippen LogP) is 0.280. The van der Waals surface area contributed by atoms with Crippen molar-refractivity contribution in [1.29, 1.82) is 0 Å². The Labute approximate surface area is 122 Å². The van der Waals surface area contributed by atoms with Crippen molar-refractivity contribution in [3.05, 3.63) is 12.4 Å². The fourth-order valence-corrected chi connectivity index (χ4v) is 3.03. The van der Waals surface area contributed by atoms with Crippen molar-refractivity contribution >= 4 is 17.7 Å². The van der Waals surface area contributed by atoms with E-state index >= 15 is 0 Å². The standard InChI is InChI=1S/C13H19N5O3/c19-12(20)9-18-7-10(6-14-18)15-13(21)17-5-4-16-3-1-2-11(16)8-17/h6-7,11H,1-5,8-9H2,(H,15,21)(H,19,20). The summed E-state index contributed by atoms with van der Waals surface area (Å²) >= 11 is 0. The van der Waals surface area contributed by atoms with Gasteiger partial charge in [0.2, 0.25) is 0 Å². The lowest BCUT2D eigenvalue weighted by molar-refractivity contribution is -0.137. The van der Waals surface area contributed by atoms with Crippen molar-refractivity contribution in [2.75, 3.05) is 31.5 Å². The summed E-state index contributed by atoms with van der Waals surface area (Å²) in [7, 11) is 0. The second-order valence-electron chi connectivity index (χ2n) is 5.53. The van der Waals surface area contributed by atoms with E-state index in [0.29, 0.717) is 11.7 Å². The largest absolute Gasteiger partial charge is 0.480 e. The van der Waals surface area contributed by atoms with Gasteiger partial charge in [-0.05, 0) is 19.4 Å². The molecule has 3 heterocycles. The van der Waals surface area contributed by atoms with Crippen molar-refractivity contribution in [2.45, 2.75) is 25.4 Å². The molecule has 8 heteroatoms. The van der Waals surface area contributed by atoms with Gasteiger partial charge in [-0.15, -0.1) is 0 Å². The van der Waals surface area contributed by atoms with Crippen LogP contribution in [0.25, 0.3) is 0 Å². The van der Waals surface area contributed by atoms with E-state index in [1.165, 1.54) is 23.5 Å². The Bertz CT molecular complexity index is 544. The molecule has 3 rings (SSSR count). The van der Waals surface area contributed by atoms with Crippen LogP contribution in [0.3, 0.4) is 0 Å². The molecular formula is C13H19N5O3. The van der Waals surface area contributed by atoms with Crippen molar-refractivity contribution in [1.82, 2.24) is 19.6 Å². The number of amides is 2. The molecule has 114 valence electrons. The van der Waals surface area contributed by atoms with Crippen molar-refractivity contribution in [3.63, 3.8) is 0 Å². The second kappa shape index (κ2) is 5.72. The van der Waals surface area contributed by atoms with E-state index in [1.807, 2.05) is 4.90 Å². The first-order valence-electron chi connectivity index (χ1n) is 7.16. The van der Waals surface area contributed by atoms with Crippen LogP contribution < -0.4 is 5.32 Å². The number of urea groups is 1. The highest BCUT2D eigenvalue weighted by Crippen LogP contribution is 2.21. The number of rotatable bonds is 3. The molecule has 0 saturated carbocycles. The van der Waals surface area contributed by atoms with E-state index < -0.39 is 5.97 Å². The SMILES string of the molecule is O=C(O)Cn1cc(NC(=O)N2CCN3CCCC3C2)cn1. The summed E-state index contributed by atoms with van der Waals surface area (Å²) in [6, 6.07) is 0.343. The number of anilines is 1. The highest BCUT2D eigenvalue weighted by atomic mass is 16.4. The lowest BCUT2D eigenvalue weighted by Crippen LogP contribution is -2.53. The van der Waals surface area contributed by atoms with E-state index in [9.17, 15) is 9.59 Å². The molecule has 2 aliphatic heterocycles. The van der Waals surface area contributed by atoms with Crippen LogP contribution in [0, 0.1) is 0 Å². The third-order valence-electron chi connectivity index (χ3n) is 4.06. The minimum atomic E-state index is -0.965. The topological polar surface area (TPSA) is 90.7 Å². The molecule has 1 unspecified atom stereocenters. The molecule has 1 atom stereocenters. The summed E-state index contributed by atoms with van der Waals surface area (Å²) in [5.74, 6) is -0.965. The average Bonchev–Trinajstić information content (AvgIpc) is 3.06. The van der Waals surface area contributed by atoms with E-state index in [0.717, 1.165) is 32.6 Å². The van der Waals surface area contributed by atoms with Gasteiger partial charge in [0.1, 0.15) is 6.54 Å². The third-order valence-corrected chi connectivity index (χ3v) is 4.06. The zero-order valence-electron chi connectivity index (χ0n) is 11.7. The maximum absolute atomic E-state index is 12.2. The van der Waals surface area contributed by atoms with Gasteiger partial charge < -0.3 is 15.3 Å². The van der Waals surface area contributed by atoms with E-state index in [4.69, 9.17) is 5.11 Å². The normalized spacial score (nSPS) is 22.1. The molecule has 21 heavy (non-hydrogen) atoms. The quantitative estimate of drug-likeness (QED) is 0.835. The van der Waals surface area contributed by atoms with Crippen molar-refractivity contribution < 1.29 is 14.7 Å². The fourth-order valence-electron chi connectivity index (χ4n) is 3.03. The summed E-state index contributed by atoms with van der Waals surface area (Å²) in [5.41, 5.74) is 0.523. The van der Waals surface area contributed by atoms with Crippen LogP contribution in [0.15, 0.2) is 12.4 Å². The number of fused-ring (bicyclic) bond motifs is 1. The minimum Gasteiger partial charge on any atom is -0.480 e. The molecule has 1 aromatic rings. The summed E-state index contributed by atoms with van der Waals surface area (Å²) in [6.07, 6.45) is 5.35. The van der Waals surface area contributed by atoms with Crippen LogP contribution in [0.4, 0.5) is 10.5 Å². The molecule has 2 fully saturated rings. The first-order chi connectivity index (χ1) is 10.1. The van der Waals surface area contributed by atoms with Crippen LogP contribution in [-0.4, -0.2) is 68.9 Å². The number of hydrogen-bond donors (Lipinski definition) is 2. The number of carbonyl (C=O) groups excluding carboxylic acids is 1. The molecule has 1 aromatic heterocycles. The predicted molar refractivity (Wildman–Crippen MR) is 75.0 cm³/mol. The molecular weight excluding hydrogens is 274 g/mol. The lowest BCUT2D eigenvalue weighted by atomic mass is 10.2. The summed E-state index contributed by atoms with van der Waals surface area (Å²) < 4.78 is 1.28. The number of aromatic nitrogens is 2. The summed E-state index contributed by atoms with van der Waals surface area (Å²) in [6.45, 7) is 3.34. The van der Waals surface area contributed by atoms with Crippen LogP contribution in [0.1, 0.15) is 12.8 Å². The Morgan fingerprint density at radius 1 is 1.38 bits per heavy atom. The number of carboxylic acids is 1. The molecule has 0 aliphatic carbocycles. The zero-order chi connectivity index (χ0) is 14.8. The number of carbonyl (C=O) groups is 2. The van der Waals surface area contributed by atoms with Gasteiger partial charge >= 0.3 is 12.0 Å². The maximum Gasteiger partial charge on any atom is 0.325 e. The molecule has 2 aliphatic rings. The van der Waals surface area contributed by atoms with Crippen molar-refractivity contribution in [3.8, 4) is 0 Å². The Morgan fingerprint density at radius 3 is 3.05 bits per heavy atom. The van der Waals surface area contributed by atoms with Crippen LogP contribution >= 0.6 is 0 Å². The van der Waals surface area contributed by atoms with Gasteiger partial charge in [-0.25, -0.2) is 4.79 Å². The summed E-state index contributed by atoms with van der Waals surface area (Å²) in [5, 5.41) is 15.4. The molecule has 2 amide bonds. The number of carboxylic acid groups (broad SMARTS) is 1. The van der Waals surface area contributed by atoms with Gasteiger partial charge in [-0.3, -0.25) is 14.4 Å². The highest BCUT2D eigenvalue weighted by Gasteiger charge is 2.32. The van der Waals surface area contributed by atoms with Crippen LogP contribution in [0.5, 0.6) is 0 Å². The minimum absolute atomic E-state index is 0.142. The van der Waals surface area contributed by atoms with E-state index in [1.54, 1.807) is 0 Å². The molecule has 2 N–H and O–H groups in total. The Hall–Kier alpha value is -2.09. The number of aliphatic carboxylic acids is 1. The molecule has 0 bridgehead atoms. The number of nitrogens with one attached hydrogen (secondary N) is 1. The average molecular weight is 293 g/mol.